The molecule has 0 aliphatic heterocycles. The molecule has 0 N–H and O–H groups in total. The van der Waals surface area contributed by atoms with E-state index in [0.717, 1.165) is 34.1 Å². The Bertz CT molecular complexity index is 2190. The van der Waals surface area contributed by atoms with Crippen molar-refractivity contribution in [1.82, 2.24) is 0 Å². The van der Waals surface area contributed by atoms with E-state index in [2.05, 4.69) is 232 Å². The van der Waals surface area contributed by atoms with Gasteiger partial charge in [-0.3, -0.25) is 0 Å². The molecule has 0 unspecified atom stereocenters. The molecular weight excluding hydrogens is 629 g/mol. The van der Waals surface area contributed by atoms with Gasteiger partial charge in [-0.05, 0) is 151 Å². The summed E-state index contributed by atoms with van der Waals surface area (Å²) in [6.45, 7) is 8.66. The molecule has 52 heavy (non-hydrogen) atoms. The number of para-hydroxylation sites is 2. The van der Waals surface area contributed by atoms with Crippen LogP contribution in [0.1, 0.15) is 44.5 Å². The summed E-state index contributed by atoms with van der Waals surface area (Å²) >= 11 is 0. The fourth-order valence-corrected chi connectivity index (χ4v) is 6.69. The Morgan fingerprint density at radius 3 is 1.10 bits per heavy atom. The Morgan fingerprint density at radius 2 is 0.692 bits per heavy atom. The van der Waals surface area contributed by atoms with Crippen molar-refractivity contribution in [1.29, 1.82) is 0 Å². The van der Waals surface area contributed by atoms with Crippen LogP contribution in [0.2, 0.25) is 0 Å². The van der Waals surface area contributed by atoms with Gasteiger partial charge >= 0.3 is 0 Å². The van der Waals surface area contributed by atoms with Crippen LogP contribution in [0.4, 0.5) is 34.1 Å². The molecule has 254 valence electrons. The van der Waals surface area contributed by atoms with Gasteiger partial charge in [-0.25, -0.2) is 0 Å². The second-order valence-electron chi connectivity index (χ2n) is 13.4. The first kappa shape index (κ1) is 34.1. The van der Waals surface area contributed by atoms with Crippen molar-refractivity contribution < 1.29 is 0 Å². The highest BCUT2D eigenvalue weighted by Gasteiger charge is 2.14. The van der Waals surface area contributed by atoms with Crippen LogP contribution in [-0.4, -0.2) is 0 Å². The predicted octanol–water partition coefficient (Wildman–Crippen LogP) is 14.2. The first-order chi connectivity index (χ1) is 25.4. The maximum Gasteiger partial charge on any atom is 0.0464 e. The van der Waals surface area contributed by atoms with Crippen molar-refractivity contribution in [3.63, 3.8) is 0 Å². The molecule has 0 bridgehead atoms. The van der Waals surface area contributed by atoms with E-state index in [0.29, 0.717) is 0 Å². The zero-order valence-electron chi connectivity index (χ0n) is 30.4. The Balaban J connectivity index is 1.09. The number of rotatable bonds is 10. The summed E-state index contributed by atoms with van der Waals surface area (Å²) in [4.78, 5) is 4.64. The SMILES string of the molecule is Cc1cccc(N(c2ccccc2)c2ccc(/C=C/c3cccc(/C=C/c4ccc(N(c5ccccc5)c5cccc(C)c5)cc4C)c3)c(C)c2)c1. The van der Waals surface area contributed by atoms with Gasteiger partial charge in [-0.1, -0.05) is 115 Å². The third kappa shape index (κ3) is 7.98. The minimum Gasteiger partial charge on any atom is -0.310 e. The molecule has 0 heterocycles. The van der Waals surface area contributed by atoms with Gasteiger partial charge in [0.15, 0.2) is 0 Å². The van der Waals surface area contributed by atoms with Crippen LogP contribution in [0.5, 0.6) is 0 Å². The van der Waals surface area contributed by atoms with Gasteiger partial charge in [0.25, 0.3) is 0 Å². The molecule has 0 amide bonds. The van der Waals surface area contributed by atoms with Crippen LogP contribution in [0.25, 0.3) is 24.3 Å². The van der Waals surface area contributed by atoms with Crippen LogP contribution in [-0.2, 0) is 0 Å². The molecule has 0 aliphatic carbocycles. The molecule has 0 spiro atoms. The van der Waals surface area contributed by atoms with Crippen LogP contribution in [0.3, 0.4) is 0 Å². The van der Waals surface area contributed by atoms with E-state index >= 15 is 0 Å². The Hall–Kier alpha value is -6.38. The van der Waals surface area contributed by atoms with E-state index in [9.17, 15) is 0 Å². The summed E-state index contributed by atoms with van der Waals surface area (Å²) in [5.41, 5.74) is 16.5. The van der Waals surface area contributed by atoms with Crippen LogP contribution in [0, 0.1) is 27.7 Å². The molecule has 0 radical (unpaired) electrons. The first-order valence-electron chi connectivity index (χ1n) is 17.9. The third-order valence-corrected chi connectivity index (χ3v) is 9.39. The fourth-order valence-electron chi connectivity index (χ4n) is 6.69. The van der Waals surface area contributed by atoms with Gasteiger partial charge in [-0.2, -0.15) is 0 Å². The minimum atomic E-state index is 1.14. The smallest absolute Gasteiger partial charge is 0.0464 e. The lowest BCUT2D eigenvalue weighted by atomic mass is 10.0. The zero-order chi connectivity index (χ0) is 35.9. The molecule has 0 saturated heterocycles. The van der Waals surface area contributed by atoms with E-state index in [-0.39, 0.29) is 0 Å². The average molecular weight is 673 g/mol. The Kier molecular flexibility index (Phi) is 10.3. The molecule has 7 rings (SSSR count). The van der Waals surface area contributed by atoms with Gasteiger partial charge in [-0.15, -0.1) is 0 Å². The van der Waals surface area contributed by atoms with E-state index < -0.39 is 0 Å². The van der Waals surface area contributed by atoms with Crippen molar-refractivity contribution in [3.8, 4) is 0 Å². The maximum absolute atomic E-state index is 2.32. The van der Waals surface area contributed by atoms with Crippen LogP contribution < -0.4 is 9.80 Å². The van der Waals surface area contributed by atoms with E-state index in [1.807, 2.05) is 0 Å². The average Bonchev–Trinajstić information content (AvgIpc) is 3.16. The Labute approximate surface area is 309 Å². The topological polar surface area (TPSA) is 6.48 Å². The highest BCUT2D eigenvalue weighted by molar-refractivity contribution is 5.82. The standard InChI is InChI=1S/C50H44N2/c1-37-14-11-22-47(32-37)51(45-18-7-5-8-19-45)49-30-28-43(39(3)34-49)26-24-41-16-13-17-42(36-41)25-27-44-29-31-50(35-40(44)4)52(46-20-9-6-10-21-46)48-23-12-15-38(2)33-48/h5-36H,1-4H3/b26-24+,27-25+. The molecule has 0 aliphatic rings. The van der Waals surface area contributed by atoms with E-state index in [1.54, 1.807) is 0 Å². The lowest BCUT2D eigenvalue weighted by Crippen LogP contribution is -2.10. The molecule has 0 aromatic heterocycles. The molecule has 7 aromatic carbocycles. The summed E-state index contributed by atoms with van der Waals surface area (Å²) in [5, 5.41) is 0. The monoisotopic (exact) mass is 672 g/mol. The summed E-state index contributed by atoms with van der Waals surface area (Å²) < 4.78 is 0. The van der Waals surface area contributed by atoms with Crippen LogP contribution in [0.15, 0.2) is 170 Å². The minimum absolute atomic E-state index is 1.14. The van der Waals surface area contributed by atoms with E-state index in [4.69, 9.17) is 0 Å². The molecule has 0 saturated carbocycles. The summed E-state index contributed by atoms with van der Waals surface area (Å²) in [5.74, 6) is 0. The van der Waals surface area contributed by atoms with Crippen molar-refractivity contribution in [3.05, 3.63) is 214 Å². The van der Waals surface area contributed by atoms with Crippen molar-refractivity contribution in [2.75, 3.05) is 9.80 Å². The second kappa shape index (κ2) is 15.7. The number of hydrogen-bond acceptors (Lipinski definition) is 2. The van der Waals surface area contributed by atoms with Gasteiger partial charge in [0, 0.05) is 34.1 Å². The molecule has 0 fully saturated rings. The van der Waals surface area contributed by atoms with Gasteiger partial charge < -0.3 is 9.80 Å². The van der Waals surface area contributed by atoms with Gasteiger partial charge in [0.2, 0.25) is 0 Å². The van der Waals surface area contributed by atoms with Gasteiger partial charge in [0.1, 0.15) is 0 Å². The zero-order valence-corrected chi connectivity index (χ0v) is 30.4. The number of benzene rings is 7. The number of aryl methyl sites for hydroxylation is 4. The molecule has 2 heteroatoms. The Morgan fingerprint density at radius 1 is 0.308 bits per heavy atom. The van der Waals surface area contributed by atoms with Crippen molar-refractivity contribution in [2.45, 2.75) is 27.7 Å². The molecular formula is C50H44N2. The quantitative estimate of drug-likeness (QED) is 0.133. The number of nitrogens with zero attached hydrogens (tertiary/aromatic N) is 2. The van der Waals surface area contributed by atoms with Crippen LogP contribution >= 0.6 is 0 Å². The number of anilines is 6. The molecule has 2 nitrogen and oxygen atoms in total. The largest absolute Gasteiger partial charge is 0.310 e. The summed E-state index contributed by atoms with van der Waals surface area (Å²) in [6.07, 6.45) is 8.85. The lowest BCUT2D eigenvalue weighted by molar-refractivity contribution is 1.26. The fraction of sp³-hybridized carbons (Fsp3) is 0.0800. The van der Waals surface area contributed by atoms with Crippen molar-refractivity contribution in [2.24, 2.45) is 0 Å². The molecule has 7 aromatic rings. The summed E-state index contributed by atoms with van der Waals surface area (Å²) in [6, 6.07) is 60.6. The first-order valence-corrected chi connectivity index (χ1v) is 17.9. The second-order valence-corrected chi connectivity index (χ2v) is 13.4. The highest BCUT2D eigenvalue weighted by atomic mass is 15.1. The lowest BCUT2D eigenvalue weighted by Gasteiger charge is -2.26. The molecule has 0 atom stereocenters. The predicted molar refractivity (Wildman–Crippen MR) is 225 cm³/mol. The van der Waals surface area contributed by atoms with E-state index in [1.165, 1.54) is 44.5 Å². The third-order valence-electron chi connectivity index (χ3n) is 9.39. The summed E-state index contributed by atoms with van der Waals surface area (Å²) in [7, 11) is 0. The maximum atomic E-state index is 2.32. The highest BCUT2D eigenvalue weighted by Crippen LogP contribution is 2.37. The number of hydrogen-bond donors (Lipinski definition) is 0. The van der Waals surface area contributed by atoms with Crippen molar-refractivity contribution >= 4 is 58.4 Å². The van der Waals surface area contributed by atoms with Gasteiger partial charge in [0.05, 0.1) is 0 Å². The normalized spacial score (nSPS) is 11.3.